The fraction of sp³-hybridized carbons (Fsp3) is 0.214. The van der Waals surface area contributed by atoms with Gasteiger partial charge in [-0.25, -0.2) is 15.0 Å². The molecule has 1 atom stereocenters. The van der Waals surface area contributed by atoms with Gasteiger partial charge in [0.1, 0.15) is 18.5 Å². The van der Waals surface area contributed by atoms with Crippen LogP contribution < -0.4 is 9.47 Å². The molecule has 0 bridgehead atoms. The molecule has 1 aromatic carbocycles. The number of fused-ring (bicyclic) bond motifs is 2. The second-order valence-corrected chi connectivity index (χ2v) is 4.63. The molecule has 6 heteroatoms. The van der Waals surface area contributed by atoms with Gasteiger partial charge in [0.15, 0.2) is 23.3 Å². The molecule has 4 rings (SSSR count). The lowest BCUT2D eigenvalue weighted by Gasteiger charge is -2.26. The van der Waals surface area contributed by atoms with Crippen molar-refractivity contribution in [3.8, 4) is 11.5 Å². The van der Waals surface area contributed by atoms with Crippen LogP contribution in [-0.2, 0) is 6.54 Å². The smallest absolute Gasteiger partial charge is 0.163 e. The summed E-state index contributed by atoms with van der Waals surface area (Å²) in [4.78, 5) is 12.5. The van der Waals surface area contributed by atoms with Gasteiger partial charge in [-0.3, -0.25) is 0 Å². The lowest BCUT2D eigenvalue weighted by Crippen LogP contribution is -2.33. The van der Waals surface area contributed by atoms with Crippen LogP contribution in [-0.4, -0.2) is 32.2 Å². The van der Waals surface area contributed by atoms with Gasteiger partial charge < -0.3 is 14.0 Å². The van der Waals surface area contributed by atoms with Crippen molar-refractivity contribution >= 4 is 11.2 Å². The molecule has 6 nitrogen and oxygen atoms in total. The Bertz CT molecular complexity index is 756. The largest absolute Gasteiger partial charge is 0.486 e. The molecule has 0 N–H and O–H groups in total. The SMILES string of the molecule is c1ccc2c(c1)OCC(Cn1cnc3cncnc31)O2. The van der Waals surface area contributed by atoms with Crippen LogP contribution in [0, 0.1) is 0 Å². The second kappa shape index (κ2) is 4.48. The molecule has 0 radical (unpaired) electrons. The van der Waals surface area contributed by atoms with E-state index < -0.39 is 0 Å². The molecule has 3 aromatic rings. The Balaban J connectivity index is 1.59. The summed E-state index contributed by atoms with van der Waals surface area (Å²) in [6.45, 7) is 1.16. The van der Waals surface area contributed by atoms with Gasteiger partial charge in [-0.05, 0) is 12.1 Å². The fourth-order valence-electron chi connectivity index (χ4n) is 2.32. The number of nitrogens with zero attached hydrogens (tertiary/aromatic N) is 4. The zero-order valence-corrected chi connectivity index (χ0v) is 10.6. The maximum atomic E-state index is 5.94. The Labute approximate surface area is 115 Å². The zero-order valence-electron chi connectivity index (χ0n) is 10.6. The third-order valence-electron chi connectivity index (χ3n) is 3.25. The Morgan fingerprint density at radius 1 is 1.20 bits per heavy atom. The van der Waals surface area contributed by atoms with Crippen LogP contribution in [0.5, 0.6) is 11.5 Å². The summed E-state index contributed by atoms with van der Waals surface area (Å²) in [5.41, 5.74) is 1.59. The normalized spacial score (nSPS) is 17.3. The van der Waals surface area contributed by atoms with E-state index in [1.165, 1.54) is 6.33 Å². The Hall–Kier alpha value is -2.63. The summed E-state index contributed by atoms with van der Waals surface area (Å²) in [5, 5.41) is 0. The highest BCUT2D eigenvalue weighted by molar-refractivity contribution is 5.68. The summed E-state index contributed by atoms with van der Waals surface area (Å²) >= 11 is 0. The number of para-hydroxylation sites is 2. The minimum atomic E-state index is -0.0581. The molecule has 0 saturated heterocycles. The number of hydrogen-bond donors (Lipinski definition) is 0. The van der Waals surface area contributed by atoms with Gasteiger partial charge >= 0.3 is 0 Å². The number of benzene rings is 1. The molecule has 1 unspecified atom stereocenters. The fourth-order valence-corrected chi connectivity index (χ4v) is 2.32. The van der Waals surface area contributed by atoms with Crippen molar-refractivity contribution in [3.63, 3.8) is 0 Å². The molecule has 0 amide bonds. The molecule has 2 aromatic heterocycles. The van der Waals surface area contributed by atoms with Gasteiger partial charge in [0, 0.05) is 0 Å². The molecular weight excluding hydrogens is 256 g/mol. The van der Waals surface area contributed by atoms with Crippen LogP contribution in [0.1, 0.15) is 0 Å². The first-order valence-corrected chi connectivity index (χ1v) is 6.39. The van der Waals surface area contributed by atoms with Crippen molar-refractivity contribution in [1.29, 1.82) is 0 Å². The first kappa shape index (κ1) is 11.2. The molecule has 0 fully saturated rings. The quantitative estimate of drug-likeness (QED) is 0.707. The van der Waals surface area contributed by atoms with Crippen molar-refractivity contribution in [3.05, 3.63) is 43.1 Å². The van der Waals surface area contributed by atoms with E-state index in [1.807, 2.05) is 28.8 Å². The molecule has 0 spiro atoms. The van der Waals surface area contributed by atoms with Crippen LogP contribution in [0.3, 0.4) is 0 Å². The molecule has 3 heterocycles. The van der Waals surface area contributed by atoms with E-state index in [0.29, 0.717) is 13.2 Å². The van der Waals surface area contributed by atoms with Crippen molar-refractivity contribution < 1.29 is 9.47 Å². The van der Waals surface area contributed by atoms with E-state index in [2.05, 4.69) is 15.0 Å². The predicted octanol–water partition coefficient (Wildman–Crippen LogP) is 1.67. The Morgan fingerprint density at radius 2 is 2.10 bits per heavy atom. The average molecular weight is 268 g/mol. The van der Waals surface area contributed by atoms with E-state index in [9.17, 15) is 0 Å². The first-order chi connectivity index (χ1) is 9.90. The first-order valence-electron chi connectivity index (χ1n) is 6.39. The zero-order chi connectivity index (χ0) is 13.4. The maximum Gasteiger partial charge on any atom is 0.163 e. The van der Waals surface area contributed by atoms with Crippen LogP contribution in [0.25, 0.3) is 11.2 Å². The van der Waals surface area contributed by atoms with Crippen LogP contribution in [0.15, 0.2) is 43.1 Å². The van der Waals surface area contributed by atoms with Crippen molar-refractivity contribution in [2.24, 2.45) is 0 Å². The van der Waals surface area contributed by atoms with E-state index in [4.69, 9.17) is 9.47 Å². The van der Waals surface area contributed by atoms with E-state index in [0.717, 1.165) is 22.7 Å². The van der Waals surface area contributed by atoms with Gasteiger partial charge in [0.25, 0.3) is 0 Å². The number of rotatable bonds is 2. The average Bonchev–Trinajstić information content (AvgIpc) is 2.91. The molecule has 100 valence electrons. The van der Waals surface area contributed by atoms with Gasteiger partial charge in [-0.1, -0.05) is 12.1 Å². The highest BCUT2D eigenvalue weighted by Crippen LogP contribution is 2.31. The highest BCUT2D eigenvalue weighted by atomic mass is 16.6. The minimum absolute atomic E-state index is 0.0581. The van der Waals surface area contributed by atoms with E-state index in [-0.39, 0.29) is 6.10 Å². The number of aromatic nitrogens is 4. The molecule has 0 aliphatic carbocycles. The van der Waals surface area contributed by atoms with Crippen LogP contribution in [0.2, 0.25) is 0 Å². The van der Waals surface area contributed by atoms with Crippen LogP contribution >= 0.6 is 0 Å². The van der Waals surface area contributed by atoms with Crippen molar-refractivity contribution in [2.75, 3.05) is 6.61 Å². The predicted molar refractivity (Wildman–Crippen MR) is 71.7 cm³/mol. The minimum Gasteiger partial charge on any atom is -0.486 e. The summed E-state index contributed by atoms with van der Waals surface area (Å²) in [6, 6.07) is 7.69. The monoisotopic (exact) mass is 268 g/mol. The van der Waals surface area contributed by atoms with Crippen molar-refractivity contribution in [1.82, 2.24) is 19.5 Å². The summed E-state index contributed by atoms with van der Waals surface area (Å²) in [6.07, 6.45) is 4.92. The molecule has 1 aliphatic rings. The van der Waals surface area contributed by atoms with Gasteiger partial charge in [-0.2, -0.15) is 0 Å². The summed E-state index contributed by atoms with van der Waals surface area (Å²) < 4.78 is 13.6. The number of imidazole rings is 1. The third kappa shape index (κ3) is 1.85. The molecule has 1 aliphatic heterocycles. The standard InChI is InChI=1S/C14H12N4O2/c1-2-4-13-12(3-1)19-7-10(20-13)6-18-9-17-11-5-15-8-16-14(11)18/h1-5,8-10H,6-7H2. The summed E-state index contributed by atoms with van der Waals surface area (Å²) in [7, 11) is 0. The van der Waals surface area contributed by atoms with E-state index in [1.54, 1.807) is 12.5 Å². The van der Waals surface area contributed by atoms with Gasteiger partial charge in [-0.15, -0.1) is 0 Å². The van der Waals surface area contributed by atoms with Crippen molar-refractivity contribution in [2.45, 2.75) is 12.6 Å². The lowest BCUT2D eigenvalue weighted by atomic mass is 10.2. The number of ether oxygens (including phenoxy) is 2. The van der Waals surface area contributed by atoms with Gasteiger partial charge in [0.05, 0.1) is 19.1 Å². The molecule has 0 saturated carbocycles. The molecule has 20 heavy (non-hydrogen) atoms. The lowest BCUT2D eigenvalue weighted by molar-refractivity contribution is 0.0792. The van der Waals surface area contributed by atoms with Crippen LogP contribution in [0.4, 0.5) is 0 Å². The third-order valence-corrected chi connectivity index (χ3v) is 3.25. The summed E-state index contributed by atoms with van der Waals surface area (Å²) in [5.74, 6) is 1.57. The Morgan fingerprint density at radius 3 is 3.05 bits per heavy atom. The number of hydrogen-bond acceptors (Lipinski definition) is 5. The molecular formula is C14H12N4O2. The topological polar surface area (TPSA) is 62.1 Å². The van der Waals surface area contributed by atoms with Gasteiger partial charge in [0.2, 0.25) is 0 Å². The Kier molecular flexibility index (Phi) is 2.51. The second-order valence-electron chi connectivity index (χ2n) is 4.63. The van der Waals surface area contributed by atoms with E-state index >= 15 is 0 Å². The maximum absolute atomic E-state index is 5.94. The highest BCUT2D eigenvalue weighted by Gasteiger charge is 2.21.